The lowest BCUT2D eigenvalue weighted by molar-refractivity contribution is 0.138. The van der Waals surface area contributed by atoms with Crippen LogP contribution in [0.3, 0.4) is 0 Å². The van der Waals surface area contributed by atoms with Gasteiger partial charge in [-0.15, -0.1) is 0 Å². The third-order valence-electron chi connectivity index (χ3n) is 5.00. The Morgan fingerprint density at radius 1 is 1.31 bits per heavy atom. The number of benzene rings is 1. The number of hydrogen-bond acceptors (Lipinski definition) is 4. The Kier molecular flexibility index (Phi) is 6.28. The van der Waals surface area contributed by atoms with E-state index < -0.39 is 0 Å². The number of likely N-dealkylation sites (tertiary alicyclic amines) is 1. The molecule has 1 aromatic carbocycles. The van der Waals surface area contributed by atoms with Gasteiger partial charge in [0.1, 0.15) is 5.76 Å². The number of hydrogen-bond donors (Lipinski definition) is 1. The molecule has 1 N–H and O–H groups in total. The van der Waals surface area contributed by atoms with Crippen molar-refractivity contribution in [3.05, 3.63) is 59.5 Å². The van der Waals surface area contributed by atoms with Crippen LogP contribution >= 0.6 is 0 Å². The Balaban J connectivity index is 1.66. The van der Waals surface area contributed by atoms with Crippen LogP contribution in [0, 0.1) is 18.8 Å². The van der Waals surface area contributed by atoms with E-state index in [1.807, 2.05) is 13.0 Å². The molecule has 4 nitrogen and oxygen atoms in total. The summed E-state index contributed by atoms with van der Waals surface area (Å²) in [6, 6.07) is 12.5. The highest BCUT2D eigenvalue weighted by molar-refractivity contribution is 5.66. The maximum Gasteiger partial charge on any atom is 0.137 e. The van der Waals surface area contributed by atoms with E-state index in [1.165, 1.54) is 11.1 Å². The summed E-state index contributed by atoms with van der Waals surface area (Å²) in [5, 5.41) is 14.5. The maximum absolute atomic E-state index is 10.5. The van der Waals surface area contributed by atoms with Crippen LogP contribution in [0.5, 0.6) is 0 Å². The van der Waals surface area contributed by atoms with Gasteiger partial charge in [0.25, 0.3) is 0 Å². The van der Waals surface area contributed by atoms with E-state index in [4.69, 9.17) is 4.52 Å². The minimum absolute atomic E-state index is 0.199. The molecule has 0 amide bonds. The number of β-amino-alcohol motifs (C(OH)–C–C–N with tert-alkyl or cyclic N) is 1. The van der Waals surface area contributed by atoms with E-state index in [2.05, 4.69) is 60.3 Å². The smallest absolute Gasteiger partial charge is 0.137 e. The molecule has 2 atom stereocenters. The van der Waals surface area contributed by atoms with Crippen molar-refractivity contribution in [1.29, 1.82) is 0 Å². The monoisotopic (exact) mass is 354 g/mol. The van der Waals surface area contributed by atoms with Gasteiger partial charge in [-0.2, -0.15) is 0 Å². The second-order valence-corrected chi connectivity index (χ2v) is 7.89. The fourth-order valence-electron chi connectivity index (χ4n) is 3.59. The molecule has 1 aliphatic heterocycles. The fraction of sp³-hybridized carbons (Fsp3) is 0.500. The van der Waals surface area contributed by atoms with Crippen molar-refractivity contribution in [3.63, 3.8) is 0 Å². The lowest BCUT2D eigenvalue weighted by Gasteiger charge is -2.19. The van der Waals surface area contributed by atoms with Crippen molar-refractivity contribution in [1.82, 2.24) is 10.1 Å². The molecule has 1 aliphatic rings. The van der Waals surface area contributed by atoms with Crippen LogP contribution in [0.25, 0.3) is 5.57 Å². The molecule has 0 aliphatic carbocycles. The highest BCUT2D eigenvalue weighted by atomic mass is 16.5. The highest BCUT2D eigenvalue weighted by Crippen LogP contribution is 2.25. The minimum Gasteiger partial charge on any atom is -0.391 e. The largest absolute Gasteiger partial charge is 0.391 e. The Hall–Kier alpha value is -1.91. The van der Waals surface area contributed by atoms with E-state index in [1.54, 1.807) is 0 Å². The van der Waals surface area contributed by atoms with Gasteiger partial charge in [0.2, 0.25) is 0 Å². The van der Waals surface area contributed by atoms with Gasteiger partial charge in [0, 0.05) is 38.0 Å². The summed E-state index contributed by atoms with van der Waals surface area (Å²) in [6.45, 7) is 8.88. The first-order chi connectivity index (χ1) is 12.5. The van der Waals surface area contributed by atoms with E-state index in [9.17, 15) is 5.11 Å². The van der Waals surface area contributed by atoms with Gasteiger partial charge < -0.3 is 9.63 Å². The quantitative estimate of drug-likeness (QED) is 0.818. The zero-order valence-corrected chi connectivity index (χ0v) is 16.1. The van der Waals surface area contributed by atoms with Crippen LogP contribution < -0.4 is 0 Å². The molecule has 0 spiro atoms. The van der Waals surface area contributed by atoms with Crippen molar-refractivity contribution in [2.24, 2.45) is 11.8 Å². The summed E-state index contributed by atoms with van der Waals surface area (Å²) in [4.78, 5) is 2.36. The Labute approximate surface area is 156 Å². The van der Waals surface area contributed by atoms with Crippen LogP contribution in [-0.2, 0) is 6.42 Å². The predicted molar refractivity (Wildman–Crippen MR) is 105 cm³/mol. The van der Waals surface area contributed by atoms with Crippen molar-refractivity contribution < 1.29 is 9.63 Å². The summed E-state index contributed by atoms with van der Waals surface area (Å²) in [5.74, 6) is 1.71. The molecule has 1 fully saturated rings. The molecule has 1 saturated heterocycles. The van der Waals surface area contributed by atoms with Crippen molar-refractivity contribution >= 4 is 5.57 Å². The van der Waals surface area contributed by atoms with Crippen LogP contribution in [0.1, 0.15) is 37.3 Å². The normalized spacial score (nSPS) is 21.7. The number of nitrogens with zero attached hydrogens (tertiary/aromatic N) is 2. The summed E-state index contributed by atoms with van der Waals surface area (Å²) in [5.41, 5.74) is 3.52. The average Bonchev–Trinajstić information content (AvgIpc) is 3.18. The van der Waals surface area contributed by atoms with E-state index >= 15 is 0 Å². The van der Waals surface area contributed by atoms with Crippen molar-refractivity contribution in [2.75, 3.05) is 19.6 Å². The lowest BCUT2D eigenvalue weighted by Crippen LogP contribution is -2.24. The fourth-order valence-corrected chi connectivity index (χ4v) is 3.59. The van der Waals surface area contributed by atoms with Gasteiger partial charge >= 0.3 is 0 Å². The number of aromatic nitrogens is 1. The Bertz CT molecular complexity index is 721. The topological polar surface area (TPSA) is 49.5 Å². The first-order valence-corrected chi connectivity index (χ1v) is 9.58. The predicted octanol–water partition coefficient (Wildman–Crippen LogP) is 3.95. The number of aliphatic hydroxyl groups is 1. The van der Waals surface area contributed by atoms with E-state index in [-0.39, 0.29) is 12.0 Å². The summed E-state index contributed by atoms with van der Waals surface area (Å²) >= 11 is 0. The molecule has 0 radical (unpaired) electrons. The number of aliphatic hydroxyl groups excluding tert-OH is 1. The average molecular weight is 354 g/mol. The molecule has 1 aromatic heterocycles. The summed E-state index contributed by atoms with van der Waals surface area (Å²) < 4.78 is 5.33. The van der Waals surface area contributed by atoms with Gasteiger partial charge in [0.05, 0.1) is 11.8 Å². The first-order valence-electron chi connectivity index (χ1n) is 9.58. The number of rotatable bonds is 7. The second-order valence-electron chi connectivity index (χ2n) is 7.89. The molecule has 26 heavy (non-hydrogen) atoms. The minimum atomic E-state index is -0.317. The van der Waals surface area contributed by atoms with Crippen LogP contribution in [0.2, 0.25) is 0 Å². The van der Waals surface area contributed by atoms with E-state index in [0.29, 0.717) is 12.5 Å². The molecule has 0 unspecified atom stereocenters. The molecular formula is C22H30N2O2. The molecule has 2 aromatic rings. The summed E-state index contributed by atoms with van der Waals surface area (Å²) in [6.07, 6.45) is 3.86. The SMILES string of the molecule is Cc1cc(C[C@@H]2CN(CC(=CCC(C)C)c3ccccc3)C[C@H]2O)on1. The molecule has 2 heterocycles. The molecular weight excluding hydrogens is 324 g/mol. The lowest BCUT2D eigenvalue weighted by atomic mass is 10.0. The number of allylic oxidation sites excluding steroid dienone is 1. The molecule has 3 rings (SSSR count). The van der Waals surface area contributed by atoms with Crippen molar-refractivity contribution in [2.45, 2.75) is 39.7 Å². The van der Waals surface area contributed by atoms with Crippen LogP contribution in [0.4, 0.5) is 0 Å². The third-order valence-corrected chi connectivity index (χ3v) is 5.00. The van der Waals surface area contributed by atoms with E-state index in [0.717, 1.165) is 37.4 Å². The Morgan fingerprint density at radius 2 is 2.08 bits per heavy atom. The maximum atomic E-state index is 10.5. The van der Waals surface area contributed by atoms with Crippen molar-refractivity contribution in [3.8, 4) is 0 Å². The molecule has 4 heteroatoms. The summed E-state index contributed by atoms with van der Waals surface area (Å²) in [7, 11) is 0. The van der Waals surface area contributed by atoms with Gasteiger partial charge in [0.15, 0.2) is 0 Å². The molecule has 140 valence electrons. The van der Waals surface area contributed by atoms with Gasteiger partial charge in [-0.1, -0.05) is 55.4 Å². The number of aryl methyl sites for hydroxylation is 1. The van der Waals surface area contributed by atoms with Gasteiger partial charge in [-0.3, -0.25) is 4.90 Å². The zero-order chi connectivity index (χ0) is 18.5. The second kappa shape index (κ2) is 8.65. The van der Waals surface area contributed by atoms with Crippen LogP contribution in [-0.4, -0.2) is 40.9 Å². The van der Waals surface area contributed by atoms with Gasteiger partial charge in [-0.05, 0) is 30.4 Å². The van der Waals surface area contributed by atoms with Gasteiger partial charge in [-0.25, -0.2) is 0 Å². The standard InChI is InChI=1S/C22H30N2O2/c1-16(2)9-10-19(18-7-5-4-6-8-18)13-24-14-20(22(25)15-24)12-21-11-17(3)23-26-21/h4-8,10-11,16,20,22,25H,9,12-15H2,1-3H3/t20-,22-/m1/s1. The molecule has 0 saturated carbocycles. The molecule has 0 bridgehead atoms. The van der Waals surface area contributed by atoms with Crippen LogP contribution in [0.15, 0.2) is 47.0 Å². The highest BCUT2D eigenvalue weighted by Gasteiger charge is 2.32. The first kappa shape index (κ1) is 18.9. The zero-order valence-electron chi connectivity index (χ0n) is 16.1. The third kappa shape index (κ3) is 5.05. The Morgan fingerprint density at radius 3 is 2.73 bits per heavy atom.